The normalized spacial score (nSPS) is 13.9. The topological polar surface area (TPSA) is 44.8 Å². The van der Waals surface area contributed by atoms with E-state index in [0.29, 0.717) is 11.3 Å². The Kier molecular flexibility index (Phi) is 6.40. The molecule has 160 valence electrons. The summed E-state index contributed by atoms with van der Waals surface area (Å²) in [6.07, 6.45) is 0. The third-order valence-electron chi connectivity index (χ3n) is 4.64. The number of hydrogen-bond donors (Lipinski definition) is 1. The Morgan fingerprint density at radius 1 is 0.900 bits per heavy atom. The van der Waals surface area contributed by atoms with Gasteiger partial charge >= 0.3 is 0 Å². The highest BCUT2D eigenvalue weighted by atomic mass is 32.1. The Bertz CT molecular complexity index is 950. The minimum absolute atomic E-state index is 0.0586. The van der Waals surface area contributed by atoms with Gasteiger partial charge in [0.15, 0.2) is 28.4 Å². The highest BCUT2D eigenvalue weighted by molar-refractivity contribution is 7.80. The summed E-state index contributed by atoms with van der Waals surface area (Å²) in [6, 6.07) is 6.33. The van der Waals surface area contributed by atoms with Crippen molar-refractivity contribution in [2.75, 3.05) is 38.2 Å². The number of carbonyl (C=O) groups excluding carboxylic acids is 1. The van der Waals surface area contributed by atoms with E-state index in [1.54, 1.807) is 29.2 Å². The molecule has 0 aliphatic carbocycles. The molecule has 1 saturated heterocycles. The van der Waals surface area contributed by atoms with Crippen LogP contribution in [0.1, 0.15) is 10.4 Å². The van der Waals surface area contributed by atoms with Crippen molar-refractivity contribution in [2.45, 2.75) is 0 Å². The number of anilines is 1. The molecule has 1 N–H and O–H groups in total. The van der Waals surface area contributed by atoms with Crippen molar-refractivity contribution in [2.24, 2.45) is 0 Å². The van der Waals surface area contributed by atoms with Gasteiger partial charge in [0.05, 0.1) is 7.11 Å². The van der Waals surface area contributed by atoms with Gasteiger partial charge in [-0.05, 0) is 36.5 Å². The zero-order chi connectivity index (χ0) is 22.0. The Morgan fingerprint density at radius 2 is 1.40 bits per heavy atom. The molecule has 11 heteroatoms. The molecular formula is C19H16F5N3O2S. The lowest BCUT2D eigenvalue weighted by Crippen LogP contribution is -2.53. The predicted octanol–water partition coefficient (Wildman–Crippen LogP) is 3.23. The Labute approximate surface area is 174 Å². The lowest BCUT2D eigenvalue weighted by molar-refractivity contribution is 0.0973. The molecule has 0 atom stereocenters. The molecule has 0 aromatic heterocycles. The van der Waals surface area contributed by atoms with E-state index >= 15 is 0 Å². The van der Waals surface area contributed by atoms with Crippen molar-refractivity contribution in [1.82, 2.24) is 10.2 Å². The smallest absolute Gasteiger partial charge is 0.257 e. The van der Waals surface area contributed by atoms with Gasteiger partial charge in [0.1, 0.15) is 11.4 Å². The summed E-state index contributed by atoms with van der Waals surface area (Å²) < 4.78 is 73.1. The number of nitrogens with zero attached hydrogens (tertiary/aromatic N) is 2. The SMILES string of the molecule is COc1ccc(C(=O)NC(=S)N2CCN(c3c(F)c(F)c(F)c(F)c3F)CC2)cc1. The number of piperazine rings is 1. The highest BCUT2D eigenvalue weighted by Crippen LogP contribution is 2.30. The largest absolute Gasteiger partial charge is 0.497 e. The third kappa shape index (κ3) is 4.16. The van der Waals surface area contributed by atoms with Crippen molar-refractivity contribution in [3.8, 4) is 5.75 Å². The number of hydrogen-bond acceptors (Lipinski definition) is 4. The van der Waals surface area contributed by atoms with Crippen LogP contribution < -0.4 is 15.0 Å². The second-order valence-electron chi connectivity index (χ2n) is 6.38. The number of halogens is 5. The fourth-order valence-corrected chi connectivity index (χ4v) is 3.27. The van der Waals surface area contributed by atoms with Gasteiger partial charge in [0, 0.05) is 31.7 Å². The molecule has 1 aliphatic rings. The van der Waals surface area contributed by atoms with Crippen molar-refractivity contribution in [3.63, 3.8) is 0 Å². The number of amides is 1. The summed E-state index contributed by atoms with van der Waals surface area (Å²) in [5.74, 6) is -9.81. The molecule has 1 amide bonds. The van der Waals surface area contributed by atoms with E-state index in [9.17, 15) is 26.7 Å². The summed E-state index contributed by atoms with van der Waals surface area (Å²) in [5, 5.41) is 2.64. The average Bonchev–Trinajstić information content (AvgIpc) is 2.77. The van der Waals surface area contributed by atoms with Crippen LogP contribution in [0.3, 0.4) is 0 Å². The van der Waals surface area contributed by atoms with Gasteiger partial charge in [-0.15, -0.1) is 0 Å². The van der Waals surface area contributed by atoms with Gasteiger partial charge in [0.2, 0.25) is 5.82 Å². The van der Waals surface area contributed by atoms with Gasteiger partial charge < -0.3 is 14.5 Å². The van der Waals surface area contributed by atoms with Crippen molar-refractivity contribution >= 4 is 28.9 Å². The van der Waals surface area contributed by atoms with E-state index < -0.39 is 40.7 Å². The highest BCUT2D eigenvalue weighted by Gasteiger charge is 2.31. The molecule has 0 spiro atoms. The first kappa shape index (κ1) is 21.8. The maximum absolute atomic E-state index is 14.0. The summed E-state index contributed by atoms with van der Waals surface area (Å²) in [4.78, 5) is 14.9. The number of rotatable bonds is 3. The van der Waals surface area contributed by atoms with Crippen LogP contribution in [0.4, 0.5) is 27.6 Å². The molecule has 2 aromatic rings. The van der Waals surface area contributed by atoms with Crippen LogP contribution in [0.25, 0.3) is 0 Å². The van der Waals surface area contributed by atoms with Crippen LogP contribution in [0, 0.1) is 29.1 Å². The summed E-state index contributed by atoms with van der Waals surface area (Å²) in [7, 11) is 1.50. The first-order valence-electron chi connectivity index (χ1n) is 8.75. The number of thiocarbonyl (C=S) groups is 1. The molecule has 0 bridgehead atoms. The first-order chi connectivity index (χ1) is 14.2. The molecule has 1 heterocycles. The maximum atomic E-state index is 14.0. The van der Waals surface area contributed by atoms with Crippen LogP contribution in [-0.4, -0.2) is 49.2 Å². The number of benzene rings is 2. The van der Waals surface area contributed by atoms with Crippen LogP contribution in [0.15, 0.2) is 24.3 Å². The minimum Gasteiger partial charge on any atom is -0.497 e. The summed E-state index contributed by atoms with van der Waals surface area (Å²) in [6.45, 7) is 0.107. The molecule has 0 unspecified atom stereocenters. The van der Waals surface area contributed by atoms with Crippen molar-refractivity contribution < 1.29 is 31.5 Å². The second-order valence-corrected chi connectivity index (χ2v) is 6.77. The fraction of sp³-hybridized carbons (Fsp3) is 0.263. The van der Waals surface area contributed by atoms with Crippen molar-refractivity contribution in [1.29, 1.82) is 0 Å². The van der Waals surface area contributed by atoms with Gasteiger partial charge in [-0.3, -0.25) is 10.1 Å². The number of nitrogens with one attached hydrogen (secondary N) is 1. The molecule has 3 rings (SSSR count). The van der Waals surface area contributed by atoms with Gasteiger partial charge in [-0.2, -0.15) is 0 Å². The molecule has 2 aromatic carbocycles. The predicted molar refractivity (Wildman–Crippen MR) is 103 cm³/mol. The molecule has 5 nitrogen and oxygen atoms in total. The molecule has 1 aliphatic heterocycles. The fourth-order valence-electron chi connectivity index (χ4n) is 2.99. The summed E-state index contributed by atoms with van der Waals surface area (Å²) >= 11 is 5.20. The van der Waals surface area contributed by atoms with E-state index in [1.165, 1.54) is 7.11 Å². The zero-order valence-corrected chi connectivity index (χ0v) is 16.5. The number of methoxy groups -OCH3 is 1. The summed E-state index contributed by atoms with van der Waals surface area (Å²) in [5.41, 5.74) is -0.627. The van der Waals surface area contributed by atoms with Crippen LogP contribution >= 0.6 is 12.2 Å². The lowest BCUT2D eigenvalue weighted by atomic mass is 10.2. The van der Waals surface area contributed by atoms with E-state index in [-0.39, 0.29) is 31.3 Å². The molecule has 0 radical (unpaired) electrons. The van der Waals surface area contributed by atoms with Gasteiger partial charge in [-0.1, -0.05) is 0 Å². The molecule has 1 fully saturated rings. The van der Waals surface area contributed by atoms with E-state index in [0.717, 1.165) is 4.90 Å². The third-order valence-corrected chi connectivity index (χ3v) is 5.00. The van der Waals surface area contributed by atoms with Gasteiger partial charge in [-0.25, -0.2) is 22.0 Å². The minimum atomic E-state index is -2.20. The Morgan fingerprint density at radius 3 is 1.90 bits per heavy atom. The lowest BCUT2D eigenvalue weighted by Gasteiger charge is -2.37. The Hall–Kier alpha value is -2.95. The van der Waals surface area contributed by atoms with E-state index in [2.05, 4.69) is 5.32 Å². The molecule has 0 saturated carbocycles. The molecular weight excluding hydrogens is 429 g/mol. The van der Waals surface area contributed by atoms with Crippen LogP contribution in [0.5, 0.6) is 5.75 Å². The maximum Gasteiger partial charge on any atom is 0.257 e. The first-order valence-corrected chi connectivity index (χ1v) is 9.16. The standard InChI is InChI=1S/C19H16F5N3O2S/c1-29-11-4-2-10(3-5-11)18(28)25-19(30)27-8-6-26(7-9-27)17-15(23)13(21)12(20)14(22)16(17)24/h2-5H,6-9H2,1H3,(H,25,28,30). The number of carbonyl (C=O) groups is 1. The van der Waals surface area contributed by atoms with Crippen LogP contribution in [-0.2, 0) is 0 Å². The number of ether oxygens (including phenoxy) is 1. The quantitative estimate of drug-likeness (QED) is 0.340. The molecule has 30 heavy (non-hydrogen) atoms. The van der Waals surface area contributed by atoms with Crippen LogP contribution in [0.2, 0.25) is 0 Å². The average molecular weight is 445 g/mol. The van der Waals surface area contributed by atoms with E-state index in [1.807, 2.05) is 0 Å². The second kappa shape index (κ2) is 8.82. The zero-order valence-electron chi connectivity index (χ0n) is 15.6. The van der Waals surface area contributed by atoms with Crippen molar-refractivity contribution in [3.05, 3.63) is 58.9 Å². The van der Waals surface area contributed by atoms with Gasteiger partial charge in [0.25, 0.3) is 5.91 Å². The van der Waals surface area contributed by atoms with E-state index in [4.69, 9.17) is 17.0 Å². The Balaban J connectivity index is 1.64. The monoisotopic (exact) mass is 445 g/mol.